The summed E-state index contributed by atoms with van der Waals surface area (Å²) < 4.78 is 3.41. The molecule has 0 unspecified atom stereocenters. The molecular weight excluding hydrogens is 599 g/mol. The second-order valence-electron chi connectivity index (χ2n) is 10.0. The molecule has 0 aromatic heterocycles. The SMILES string of the molecule is C1=CC(c2ccc3ccccc3c2)=[C]([Zr+2][C]2=C(c3ccc4ccccc4c3)C=CC2)C1.C1CC[SiH2]C1.[Cl-].[Cl-]. The topological polar surface area (TPSA) is 0 Å². The molecule has 190 valence electrons. The Labute approximate surface area is 253 Å². The first-order valence-corrected chi connectivity index (χ1v) is 17.9. The summed E-state index contributed by atoms with van der Waals surface area (Å²) in [6.07, 6.45) is 14.8. The summed E-state index contributed by atoms with van der Waals surface area (Å²) >= 11 is -0.830. The monoisotopic (exact) mass is 628 g/mol. The van der Waals surface area contributed by atoms with Crippen LogP contribution in [0.15, 0.2) is 116 Å². The van der Waals surface area contributed by atoms with Crippen molar-refractivity contribution in [2.24, 2.45) is 0 Å². The molecule has 0 radical (unpaired) electrons. The standard InChI is InChI=1S/2C15H11.C4H10Si.2ClH.Zr/c2*1-2-6-12(5-1)15-10-9-13-7-3-4-8-14(13)11-15;1-2-4-5-3-1;;;/h2*1,3-5,7-11H,2H2;1-5H2;2*1H;/q;;;;;+2/p-2. The van der Waals surface area contributed by atoms with E-state index >= 15 is 0 Å². The Hall–Kier alpha value is -1.96. The van der Waals surface area contributed by atoms with E-state index in [0.717, 1.165) is 12.8 Å². The van der Waals surface area contributed by atoms with Gasteiger partial charge in [-0.1, -0.05) is 24.9 Å². The van der Waals surface area contributed by atoms with Gasteiger partial charge in [0.05, 0.1) is 0 Å². The van der Waals surface area contributed by atoms with Crippen LogP contribution in [-0.2, 0) is 23.2 Å². The van der Waals surface area contributed by atoms with Crippen LogP contribution in [0.3, 0.4) is 0 Å². The molecule has 4 aromatic carbocycles. The minimum atomic E-state index is -0.830. The molecule has 3 aliphatic rings. The minimum absolute atomic E-state index is 0. The van der Waals surface area contributed by atoms with E-state index < -0.39 is 23.2 Å². The Morgan fingerprint density at radius 3 is 1.39 bits per heavy atom. The normalized spacial score (nSPS) is 15.8. The van der Waals surface area contributed by atoms with Crippen molar-refractivity contribution in [2.45, 2.75) is 37.8 Å². The van der Waals surface area contributed by atoms with E-state index in [2.05, 4.69) is 109 Å². The molecule has 7 rings (SSSR count). The fourth-order valence-electron chi connectivity index (χ4n) is 5.57. The summed E-state index contributed by atoms with van der Waals surface area (Å²) in [7, 11) is 0.543. The van der Waals surface area contributed by atoms with Crippen LogP contribution in [-0.4, -0.2) is 9.52 Å². The van der Waals surface area contributed by atoms with Gasteiger partial charge in [0.25, 0.3) is 0 Å². The smallest absolute Gasteiger partial charge is 0.0197 e. The van der Waals surface area contributed by atoms with E-state index in [1.807, 2.05) is 0 Å². The summed E-state index contributed by atoms with van der Waals surface area (Å²) in [6, 6.07) is 34.5. The molecular formula is C34H32Cl2SiZr. The number of hydrogen-bond donors (Lipinski definition) is 0. The van der Waals surface area contributed by atoms with Crippen molar-refractivity contribution in [3.8, 4) is 0 Å². The Morgan fingerprint density at radius 1 is 0.526 bits per heavy atom. The van der Waals surface area contributed by atoms with Crippen LogP contribution in [0, 0.1) is 0 Å². The first-order valence-electron chi connectivity index (χ1n) is 13.4. The number of halogens is 2. The Bertz CT molecular complexity index is 1420. The first-order chi connectivity index (χ1) is 17.8. The van der Waals surface area contributed by atoms with Crippen LogP contribution in [0.4, 0.5) is 0 Å². The van der Waals surface area contributed by atoms with Crippen LogP contribution < -0.4 is 24.8 Å². The summed E-state index contributed by atoms with van der Waals surface area (Å²) in [5.41, 5.74) is 5.72. The van der Waals surface area contributed by atoms with Gasteiger partial charge in [-0.15, -0.1) is 0 Å². The second-order valence-corrected chi connectivity index (χ2v) is 15.7. The van der Waals surface area contributed by atoms with Gasteiger partial charge < -0.3 is 24.8 Å². The third kappa shape index (κ3) is 6.60. The largest absolute Gasteiger partial charge is 1.00 e. The number of rotatable bonds is 4. The van der Waals surface area contributed by atoms with Gasteiger partial charge in [-0.05, 0) is 0 Å². The Kier molecular flexibility index (Phi) is 10.6. The average molecular weight is 631 g/mol. The number of fused-ring (bicyclic) bond motifs is 2. The van der Waals surface area contributed by atoms with Gasteiger partial charge in [0.15, 0.2) is 0 Å². The van der Waals surface area contributed by atoms with Crippen LogP contribution in [0.2, 0.25) is 12.1 Å². The van der Waals surface area contributed by atoms with Gasteiger partial charge in [-0.25, -0.2) is 0 Å². The first kappa shape index (κ1) is 29.0. The van der Waals surface area contributed by atoms with Crippen molar-refractivity contribution in [3.63, 3.8) is 0 Å². The second kappa shape index (κ2) is 13.9. The molecule has 0 nitrogen and oxygen atoms in total. The molecule has 0 saturated carbocycles. The third-order valence-corrected chi connectivity index (χ3v) is 13.3. The number of allylic oxidation sites excluding steroid dienone is 8. The predicted octanol–water partition coefficient (Wildman–Crippen LogP) is 2.91. The molecule has 1 aliphatic heterocycles. The fourth-order valence-corrected chi connectivity index (χ4v) is 11.1. The zero-order valence-electron chi connectivity index (χ0n) is 21.6. The molecule has 38 heavy (non-hydrogen) atoms. The predicted molar refractivity (Wildman–Crippen MR) is 157 cm³/mol. The zero-order valence-corrected chi connectivity index (χ0v) is 27.0. The van der Waals surface area contributed by atoms with Gasteiger partial charge in [-0.3, -0.25) is 0 Å². The molecule has 4 aromatic rings. The Balaban J connectivity index is 0.000000434. The summed E-state index contributed by atoms with van der Waals surface area (Å²) in [5, 5.41) is 5.29. The molecule has 0 atom stereocenters. The van der Waals surface area contributed by atoms with Gasteiger partial charge in [0.2, 0.25) is 0 Å². The average Bonchev–Trinajstić information content (AvgIpc) is 3.73. The summed E-state index contributed by atoms with van der Waals surface area (Å²) in [6.45, 7) is 0. The van der Waals surface area contributed by atoms with Crippen molar-refractivity contribution in [1.82, 2.24) is 0 Å². The van der Waals surface area contributed by atoms with Crippen molar-refractivity contribution < 1.29 is 48.0 Å². The molecule has 1 saturated heterocycles. The summed E-state index contributed by atoms with van der Waals surface area (Å²) in [4.78, 5) is 0. The molecule has 0 bridgehead atoms. The zero-order chi connectivity index (χ0) is 24.2. The van der Waals surface area contributed by atoms with Gasteiger partial charge >= 0.3 is 196 Å². The fraction of sp³-hybridized carbons (Fsp3) is 0.176. The van der Waals surface area contributed by atoms with Crippen LogP contribution >= 0.6 is 0 Å². The number of hydrogen-bond acceptors (Lipinski definition) is 0. The maximum atomic E-state index is 2.37. The van der Waals surface area contributed by atoms with E-state index in [1.165, 1.54) is 43.8 Å². The van der Waals surface area contributed by atoms with Crippen LogP contribution in [0.1, 0.15) is 36.8 Å². The quantitative estimate of drug-likeness (QED) is 0.305. The van der Waals surface area contributed by atoms with Crippen molar-refractivity contribution in [1.29, 1.82) is 0 Å². The molecule has 0 spiro atoms. The van der Waals surface area contributed by atoms with Crippen molar-refractivity contribution in [2.75, 3.05) is 0 Å². The van der Waals surface area contributed by atoms with E-state index in [4.69, 9.17) is 0 Å². The van der Waals surface area contributed by atoms with Gasteiger partial charge in [0.1, 0.15) is 0 Å². The van der Waals surface area contributed by atoms with Crippen molar-refractivity contribution >= 4 is 42.2 Å². The van der Waals surface area contributed by atoms with E-state index in [1.54, 1.807) is 31.5 Å². The molecule has 1 fully saturated rings. The molecule has 1 heterocycles. The van der Waals surface area contributed by atoms with Gasteiger partial charge in [-0.2, -0.15) is 0 Å². The maximum Gasteiger partial charge on any atom is 0.0197 e. The molecule has 2 aliphatic carbocycles. The summed E-state index contributed by atoms with van der Waals surface area (Å²) in [5.74, 6) is 0. The minimum Gasteiger partial charge on any atom is -1.00 e. The van der Waals surface area contributed by atoms with Crippen molar-refractivity contribution in [3.05, 3.63) is 127 Å². The van der Waals surface area contributed by atoms with Crippen LogP contribution in [0.5, 0.6) is 0 Å². The van der Waals surface area contributed by atoms with E-state index in [-0.39, 0.29) is 24.8 Å². The Morgan fingerprint density at radius 2 is 0.974 bits per heavy atom. The van der Waals surface area contributed by atoms with Gasteiger partial charge in [0, 0.05) is 9.52 Å². The molecule has 0 N–H and O–H groups in total. The van der Waals surface area contributed by atoms with Crippen LogP contribution in [0.25, 0.3) is 32.7 Å². The van der Waals surface area contributed by atoms with E-state index in [9.17, 15) is 0 Å². The maximum absolute atomic E-state index is 2.37. The van der Waals surface area contributed by atoms with E-state index in [0.29, 0.717) is 9.52 Å². The third-order valence-electron chi connectivity index (χ3n) is 7.54. The molecule has 0 amide bonds. The number of benzene rings is 4. The molecule has 4 heteroatoms.